The number of fused-ring (bicyclic) bond motifs is 1. The van der Waals surface area contributed by atoms with Crippen LogP contribution in [0.4, 0.5) is 0 Å². The minimum atomic E-state index is -0.698. The Bertz CT molecular complexity index is 690. The Morgan fingerprint density at radius 2 is 1.91 bits per heavy atom. The molecule has 0 aliphatic rings. The Kier molecular flexibility index (Phi) is 5.42. The molecular formula is C18H25N3O2. The number of aromatic amines is 1. The molecule has 0 saturated carbocycles. The summed E-state index contributed by atoms with van der Waals surface area (Å²) >= 11 is 0. The molecule has 2 amide bonds. The van der Waals surface area contributed by atoms with Gasteiger partial charge in [-0.25, -0.2) is 0 Å². The van der Waals surface area contributed by atoms with Crippen LogP contribution >= 0.6 is 0 Å². The quantitative estimate of drug-likeness (QED) is 0.732. The fourth-order valence-electron chi connectivity index (χ4n) is 2.87. The first-order valence-corrected chi connectivity index (χ1v) is 8.03. The molecule has 5 heteroatoms. The SMILES string of the molecule is CC(C)CC(C)C(=O)NC(Cc1c[nH]c2ccccc12)C(N)=O. The Labute approximate surface area is 136 Å². The van der Waals surface area contributed by atoms with Crippen molar-refractivity contribution in [2.75, 3.05) is 0 Å². The van der Waals surface area contributed by atoms with Crippen LogP contribution in [0.2, 0.25) is 0 Å². The summed E-state index contributed by atoms with van der Waals surface area (Å²) in [7, 11) is 0. The molecule has 0 aliphatic carbocycles. The molecule has 0 radical (unpaired) electrons. The summed E-state index contributed by atoms with van der Waals surface area (Å²) < 4.78 is 0. The molecule has 2 atom stereocenters. The van der Waals surface area contributed by atoms with E-state index in [0.717, 1.165) is 22.9 Å². The highest BCUT2D eigenvalue weighted by molar-refractivity contribution is 5.89. The van der Waals surface area contributed by atoms with Gasteiger partial charge in [0.2, 0.25) is 11.8 Å². The molecule has 2 unspecified atom stereocenters. The third kappa shape index (κ3) is 4.34. The highest BCUT2D eigenvalue weighted by atomic mass is 16.2. The molecule has 0 aliphatic heterocycles. The molecular weight excluding hydrogens is 290 g/mol. The fourth-order valence-corrected chi connectivity index (χ4v) is 2.87. The zero-order chi connectivity index (χ0) is 17.0. The molecule has 1 aromatic heterocycles. The number of nitrogens with two attached hydrogens (primary N) is 1. The molecule has 0 saturated heterocycles. The number of nitrogens with one attached hydrogen (secondary N) is 2. The second-order valence-corrected chi connectivity index (χ2v) is 6.56. The Balaban J connectivity index is 2.10. The summed E-state index contributed by atoms with van der Waals surface area (Å²) in [5.74, 6) is -0.348. The second kappa shape index (κ2) is 7.31. The monoisotopic (exact) mass is 315 g/mol. The fraction of sp³-hybridized carbons (Fsp3) is 0.444. The van der Waals surface area contributed by atoms with Gasteiger partial charge in [-0.2, -0.15) is 0 Å². The number of hydrogen-bond acceptors (Lipinski definition) is 2. The molecule has 4 N–H and O–H groups in total. The van der Waals surface area contributed by atoms with Crippen molar-refractivity contribution in [3.8, 4) is 0 Å². The topological polar surface area (TPSA) is 88.0 Å². The first-order valence-electron chi connectivity index (χ1n) is 8.03. The van der Waals surface area contributed by atoms with Crippen LogP contribution in [0.5, 0.6) is 0 Å². The van der Waals surface area contributed by atoms with Gasteiger partial charge in [-0.1, -0.05) is 39.0 Å². The zero-order valence-corrected chi connectivity index (χ0v) is 13.9. The van der Waals surface area contributed by atoms with E-state index in [1.54, 1.807) is 0 Å². The van der Waals surface area contributed by atoms with E-state index in [4.69, 9.17) is 5.73 Å². The van der Waals surface area contributed by atoms with Crippen molar-refractivity contribution < 1.29 is 9.59 Å². The summed E-state index contributed by atoms with van der Waals surface area (Å²) in [6.45, 7) is 6.02. The number of carbonyl (C=O) groups excluding carboxylic acids is 2. The van der Waals surface area contributed by atoms with Crippen molar-refractivity contribution in [2.45, 2.75) is 39.7 Å². The van der Waals surface area contributed by atoms with Gasteiger partial charge < -0.3 is 16.0 Å². The minimum Gasteiger partial charge on any atom is -0.368 e. The van der Waals surface area contributed by atoms with Crippen molar-refractivity contribution in [3.63, 3.8) is 0 Å². The van der Waals surface area contributed by atoms with E-state index in [1.807, 2.05) is 37.4 Å². The van der Waals surface area contributed by atoms with Crippen molar-refractivity contribution in [2.24, 2.45) is 17.6 Å². The molecule has 1 aromatic carbocycles. The molecule has 2 aromatic rings. The highest BCUT2D eigenvalue weighted by Gasteiger charge is 2.23. The second-order valence-electron chi connectivity index (χ2n) is 6.56. The molecule has 0 fully saturated rings. The first-order chi connectivity index (χ1) is 10.9. The molecule has 124 valence electrons. The largest absolute Gasteiger partial charge is 0.368 e. The van der Waals surface area contributed by atoms with E-state index in [9.17, 15) is 9.59 Å². The third-order valence-corrected chi connectivity index (χ3v) is 4.03. The van der Waals surface area contributed by atoms with Crippen LogP contribution in [0, 0.1) is 11.8 Å². The molecule has 1 heterocycles. The van der Waals surface area contributed by atoms with Crippen LogP contribution < -0.4 is 11.1 Å². The molecule has 0 spiro atoms. The van der Waals surface area contributed by atoms with E-state index in [-0.39, 0.29) is 11.8 Å². The number of amides is 2. The lowest BCUT2D eigenvalue weighted by Gasteiger charge is -2.19. The Morgan fingerprint density at radius 1 is 1.22 bits per heavy atom. The van der Waals surface area contributed by atoms with Gasteiger partial charge in [0, 0.05) is 29.4 Å². The molecule has 2 rings (SSSR count). The van der Waals surface area contributed by atoms with E-state index < -0.39 is 11.9 Å². The summed E-state index contributed by atoms with van der Waals surface area (Å²) in [6.07, 6.45) is 3.04. The average molecular weight is 315 g/mol. The van der Waals surface area contributed by atoms with Crippen LogP contribution in [-0.2, 0) is 16.0 Å². The summed E-state index contributed by atoms with van der Waals surface area (Å²) in [5.41, 5.74) is 7.46. The van der Waals surface area contributed by atoms with Gasteiger partial charge in [-0.3, -0.25) is 9.59 Å². The average Bonchev–Trinajstić information content (AvgIpc) is 2.89. The number of aromatic nitrogens is 1. The number of primary amides is 1. The number of hydrogen-bond donors (Lipinski definition) is 3. The van der Waals surface area contributed by atoms with Crippen LogP contribution in [0.25, 0.3) is 10.9 Å². The lowest BCUT2D eigenvalue weighted by Crippen LogP contribution is -2.47. The van der Waals surface area contributed by atoms with Crippen molar-refractivity contribution in [3.05, 3.63) is 36.0 Å². The van der Waals surface area contributed by atoms with Gasteiger partial charge in [0.1, 0.15) is 6.04 Å². The van der Waals surface area contributed by atoms with Gasteiger partial charge in [0.05, 0.1) is 0 Å². The maximum Gasteiger partial charge on any atom is 0.240 e. The summed E-state index contributed by atoms with van der Waals surface area (Å²) in [4.78, 5) is 27.2. The maximum absolute atomic E-state index is 12.3. The standard InChI is InChI=1S/C18H25N3O2/c1-11(2)8-12(3)18(23)21-16(17(19)22)9-13-10-20-15-7-5-4-6-14(13)15/h4-7,10-12,16,20H,8-9H2,1-3H3,(H2,19,22)(H,21,23). The number of carbonyl (C=O) groups is 2. The summed E-state index contributed by atoms with van der Waals surface area (Å²) in [6, 6.07) is 7.16. The normalized spacial score (nSPS) is 13.9. The van der Waals surface area contributed by atoms with Crippen LogP contribution in [0.1, 0.15) is 32.8 Å². The predicted molar refractivity (Wildman–Crippen MR) is 91.7 cm³/mol. The number of H-pyrrole nitrogens is 1. The van der Waals surface area contributed by atoms with Gasteiger partial charge in [0.15, 0.2) is 0 Å². The molecule has 5 nitrogen and oxygen atoms in total. The molecule has 0 bridgehead atoms. The van der Waals surface area contributed by atoms with Gasteiger partial charge in [-0.15, -0.1) is 0 Å². The van der Waals surface area contributed by atoms with Gasteiger partial charge in [-0.05, 0) is 24.0 Å². The smallest absolute Gasteiger partial charge is 0.240 e. The lowest BCUT2D eigenvalue weighted by atomic mass is 9.97. The highest BCUT2D eigenvalue weighted by Crippen LogP contribution is 2.19. The number of benzene rings is 1. The predicted octanol–water partition coefficient (Wildman–Crippen LogP) is 2.36. The zero-order valence-electron chi connectivity index (χ0n) is 13.9. The number of rotatable bonds is 7. The van der Waals surface area contributed by atoms with Crippen molar-refractivity contribution in [1.29, 1.82) is 0 Å². The van der Waals surface area contributed by atoms with Crippen LogP contribution in [0.3, 0.4) is 0 Å². The molecule has 23 heavy (non-hydrogen) atoms. The van der Waals surface area contributed by atoms with E-state index >= 15 is 0 Å². The Hall–Kier alpha value is -2.30. The lowest BCUT2D eigenvalue weighted by molar-refractivity contribution is -0.129. The Morgan fingerprint density at radius 3 is 2.57 bits per heavy atom. The number of para-hydroxylation sites is 1. The van der Waals surface area contributed by atoms with Crippen LogP contribution in [-0.4, -0.2) is 22.8 Å². The van der Waals surface area contributed by atoms with E-state index in [1.165, 1.54) is 0 Å². The van der Waals surface area contributed by atoms with Crippen molar-refractivity contribution >= 4 is 22.7 Å². The van der Waals surface area contributed by atoms with Crippen molar-refractivity contribution in [1.82, 2.24) is 10.3 Å². The third-order valence-electron chi connectivity index (χ3n) is 4.03. The van der Waals surface area contributed by atoms with E-state index in [0.29, 0.717) is 12.3 Å². The van der Waals surface area contributed by atoms with Gasteiger partial charge >= 0.3 is 0 Å². The minimum absolute atomic E-state index is 0.123. The maximum atomic E-state index is 12.3. The van der Waals surface area contributed by atoms with E-state index in [2.05, 4.69) is 24.1 Å². The first kappa shape index (κ1) is 17.1. The summed E-state index contributed by atoms with van der Waals surface area (Å²) in [5, 5.41) is 3.84. The van der Waals surface area contributed by atoms with Crippen LogP contribution in [0.15, 0.2) is 30.5 Å². The van der Waals surface area contributed by atoms with Gasteiger partial charge in [0.25, 0.3) is 0 Å².